The number of carbonyl (C=O) groups excluding carboxylic acids is 2. The van der Waals surface area contributed by atoms with E-state index in [1.807, 2.05) is 0 Å². The molecule has 0 saturated carbocycles. The number of primary amides is 1. The van der Waals surface area contributed by atoms with Crippen LogP contribution in [0.4, 0.5) is 13.2 Å². The van der Waals surface area contributed by atoms with Crippen LogP contribution in [0.15, 0.2) is 0 Å². The zero-order chi connectivity index (χ0) is 14.8. The normalized spacial score (nSPS) is 18.5. The first-order chi connectivity index (χ1) is 8.54. The maximum absolute atomic E-state index is 12.5. The lowest BCUT2D eigenvalue weighted by Crippen LogP contribution is -2.44. The van der Waals surface area contributed by atoms with Crippen molar-refractivity contribution in [3.8, 4) is 0 Å². The molecule has 110 valence electrons. The third-order valence-electron chi connectivity index (χ3n) is 3.57. The minimum Gasteiger partial charge on any atom is -0.369 e. The molecule has 0 aromatic heterocycles. The van der Waals surface area contributed by atoms with Gasteiger partial charge in [0.2, 0.25) is 11.8 Å². The largest absolute Gasteiger partial charge is 0.391 e. The Morgan fingerprint density at radius 3 is 2.05 bits per heavy atom. The van der Waals surface area contributed by atoms with Crippen LogP contribution >= 0.6 is 0 Å². The minimum atomic E-state index is -4.19. The lowest BCUT2D eigenvalue weighted by Gasteiger charge is -2.34. The number of carbonyl (C=O) groups is 2. The Balaban J connectivity index is 2.52. The molecule has 0 bridgehead atoms. The maximum atomic E-state index is 12.5. The fourth-order valence-electron chi connectivity index (χ4n) is 2.03. The van der Waals surface area contributed by atoms with Crippen LogP contribution in [0, 0.1) is 11.3 Å². The molecule has 2 N–H and O–H groups in total. The number of nitrogens with two attached hydrogens (primary N) is 1. The van der Waals surface area contributed by atoms with Crippen molar-refractivity contribution in [2.75, 3.05) is 13.1 Å². The Morgan fingerprint density at radius 2 is 1.68 bits per heavy atom. The number of halogens is 3. The predicted molar refractivity (Wildman–Crippen MR) is 63.0 cm³/mol. The third kappa shape index (κ3) is 4.11. The van der Waals surface area contributed by atoms with Crippen LogP contribution < -0.4 is 5.73 Å². The van der Waals surface area contributed by atoms with Gasteiger partial charge in [0.25, 0.3) is 0 Å². The molecule has 0 spiro atoms. The number of alkyl halides is 3. The molecule has 4 nitrogen and oxygen atoms in total. The molecule has 7 heteroatoms. The van der Waals surface area contributed by atoms with Gasteiger partial charge >= 0.3 is 6.18 Å². The molecule has 0 aromatic carbocycles. The summed E-state index contributed by atoms with van der Waals surface area (Å²) in [4.78, 5) is 24.4. The van der Waals surface area contributed by atoms with Crippen molar-refractivity contribution in [2.24, 2.45) is 17.1 Å². The van der Waals surface area contributed by atoms with Crippen LogP contribution in [0.1, 0.15) is 33.1 Å². The van der Waals surface area contributed by atoms with E-state index < -0.39 is 23.4 Å². The standard InChI is InChI=1S/C12H19F3N2O2/c1-11(2,10(16)19)7-9(18)17-5-3-8(4-6-17)12(13,14)15/h8H,3-7H2,1-2H3,(H2,16,19). The van der Waals surface area contributed by atoms with Gasteiger partial charge in [-0.25, -0.2) is 0 Å². The van der Waals surface area contributed by atoms with E-state index in [2.05, 4.69) is 0 Å². The zero-order valence-electron chi connectivity index (χ0n) is 11.1. The Hall–Kier alpha value is -1.27. The first-order valence-electron chi connectivity index (χ1n) is 6.18. The van der Waals surface area contributed by atoms with Gasteiger partial charge in [-0.1, -0.05) is 13.8 Å². The Bertz CT molecular complexity index is 358. The zero-order valence-corrected chi connectivity index (χ0v) is 11.1. The van der Waals surface area contributed by atoms with Crippen LogP contribution in [-0.4, -0.2) is 36.0 Å². The summed E-state index contributed by atoms with van der Waals surface area (Å²) in [6.07, 6.45) is -4.42. The van der Waals surface area contributed by atoms with Gasteiger partial charge in [-0.2, -0.15) is 13.2 Å². The first-order valence-corrected chi connectivity index (χ1v) is 6.18. The van der Waals surface area contributed by atoms with E-state index in [-0.39, 0.29) is 38.3 Å². The van der Waals surface area contributed by atoms with Gasteiger partial charge in [0.15, 0.2) is 0 Å². The van der Waals surface area contributed by atoms with Gasteiger partial charge in [-0.3, -0.25) is 9.59 Å². The highest BCUT2D eigenvalue weighted by Gasteiger charge is 2.42. The number of rotatable bonds is 3. The number of nitrogens with zero attached hydrogens (tertiary/aromatic N) is 1. The molecule has 1 aliphatic rings. The summed E-state index contributed by atoms with van der Waals surface area (Å²) in [5, 5.41) is 0. The van der Waals surface area contributed by atoms with Crippen LogP contribution in [-0.2, 0) is 9.59 Å². The highest BCUT2D eigenvalue weighted by Crippen LogP contribution is 2.34. The third-order valence-corrected chi connectivity index (χ3v) is 3.57. The van der Waals surface area contributed by atoms with E-state index in [1.54, 1.807) is 13.8 Å². The molecule has 0 radical (unpaired) electrons. The number of hydrogen-bond acceptors (Lipinski definition) is 2. The molecule has 1 rings (SSSR count). The van der Waals surface area contributed by atoms with Gasteiger partial charge in [0, 0.05) is 19.5 Å². The summed E-state index contributed by atoms with van der Waals surface area (Å²) in [6.45, 7) is 3.26. The first kappa shape index (κ1) is 15.8. The van der Waals surface area contributed by atoms with Crippen molar-refractivity contribution >= 4 is 11.8 Å². The highest BCUT2D eigenvalue weighted by atomic mass is 19.4. The Kier molecular flexibility index (Phi) is 4.47. The molecule has 1 fully saturated rings. The molecule has 0 atom stereocenters. The van der Waals surface area contributed by atoms with E-state index in [0.29, 0.717) is 0 Å². The topological polar surface area (TPSA) is 63.4 Å². The van der Waals surface area contributed by atoms with E-state index in [0.717, 1.165) is 0 Å². The van der Waals surface area contributed by atoms with Crippen molar-refractivity contribution in [3.05, 3.63) is 0 Å². The summed E-state index contributed by atoms with van der Waals surface area (Å²) in [5.74, 6) is -2.24. The molecule has 0 aromatic rings. The average Bonchev–Trinajstić information content (AvgIpc) is 2.27. The summed E-state index contributed by atoms with van der Waals surface area (Å²) in [6, 6.07) is 0. The summed E-state index contributed by atoms with van der Waals surface area (Å²) >= 11 is 0. The van der Waals surface area contributed by atoms with Crippen LogP contribution in [0.25, 0.3) is 0 Å². The van der Waals surface area contributed by atoms with E-state index in [1.165, 1.54) is 4.90 Å². The monoisotopic (exact) mass is 280 g/mol. The molecule has 1 saturated heterocycles. The van der Waals surface area contributed by atoms with Crippen molar-refractivity contribution in [1.29, 1.82) is 0 Å². The van der Waals surface area contributed by atoms with Crippen molar-refractivity contribution in [1.82, 2.24) is 4.90 Å². The lowest BCUT2D eigenvalue weighted by molar-refractivity contribution is -0.186. The Morgan fingerprint density at radius 1 is 1.21 bits per heavy atom. The van der Waals surface area contributed by atoms with Gasteiger partial charge in [0.05, 0.1) is 11.3 Å². The summed E-state index contributed by atoms with van der Waals surface area (Å²) < 4.78 is 37.4. The van der Waals surface area contributed by atoms with E-state index in [9.17, 15) is 22.8 Å². The van der Waals surface area contributed by atoms with E-state index in [4.69, 9.17) is 5.73 Å². The molecule has 2 amide bonds. The average molecular weight is 280 g/mol. The van der Waals surface area contributed by atoms with Crippen molar-refractivity contribution in [3.63, 3.8) is 0 Å². The van der Waals surface area contributed by atoms with Gasteiger partial charge < -0.3 is 10.6 Å². The minimum absolute atomic E-state index is 0.0704. The van der Waals surface area contributed by atoms with Crippen LogP contribution in [0.3, 0.4) is 0 Å². The molecule has 0 aliphatic carbocycles. The second kappa shape index (κ2) is 5.38. The molecule has 1 heterocycles. The molecule has 1 aliphatic heterocycles. The van der Waals surface area contributed by atoms with Gasteiger partial charge in [-0.15, -0.1) is 0 Å². The smallest absolute Gasteiger partial charge is 0.369 e. The second-order valence-corrected chi connectivity index (χ2v) is 5.62. The lowest BCUT2D eigenvalue weighted by atomic mass is 9.87. The molecule has 0 unspecified atom stereocenters. The SMILES string of the molecule is CC(C)(CC(=O)N1CCC(C(F)(F)F)CC1)C(N)=O. The predicted octanol–water partition coefficient (Wildman–Crippen LogP) is 1.69. The quantitative estimate of drug-likeness (QED) is 0.855. The van der Waals surface area contributed by atoms with Crippen molar-refractivity contribution in [2.45, 2.75) is 39.3 Å². The summed E-state index contributed by atoms with van der Waals surface area (Å²) in [7, 11) is 0. The van der Waals surface area contributed by atoms with E-state index >= 15 is 0 Å². The van der Waals surface area contributed by atoms with Crippen molar-refractivity contribution < 1.29 is 22.8 Å². The fraction of sp³-hybridized carbons (Fsp3) is 0.833. The number of hydrogen-bond donors (Lipinski definition) is 1. The number of likely N-dealkylation sites (tertiary alicyclic amines) is 1. The van der Waals surface area contributed by atoms with Gasteiger partial charge in [0.1, 0.15) is 0 Å². The second-order valence-electron chi connectivity index (χ2n) is 5.62. The molecular formula is C12H19F3N2O2. The van der Waals surface area contributed by atoms with Crippen LogP contribution in [0.5, 0.6) is 0 Å². The summed E-state index contributed by atoms with van der Waals surface area (Å²) in [5.41, 5.74) is 4.19. The van der Waals surface area contributed by atoms with Crippen LogP contribution in [0.2, 0.25) is 0 Å². The fourth-order valence-corrected chi connectivity index (χ4v) is 2.03. The number of piperidine rings is 1. The molecule has 19 heavy (non-hydrogen) atoms. The maximum Gasteiger partial charge on any atom is 0.391 e. The Labute approximate surface area is 110 Å². The highest BCUT2D eigenvalue weighted by molar-refractivity contribution is 5.87. The number of amides is 2. The molecular weight excluding hydrogens is 261 g/mol. The van der Waals surface area contributed by atoms with Gasteiger partial charge in [-0.05, 0) is 12.8 Å².